The summed E-state index contributed by atoms with van der Waals surface area (Å²) < 4.78 is 38.2. The minimum Gasteiger partial charge on any atom is -0.352 e. The molecule has 0 saturated carbocycles. The predicted octanol–water partition coefficient (Wildman–Crippen LogP) is 5.37. The lowest BCUT2D eigenvalue weighted by molar-refractivity contribution is -0.137. The Hall–Kier alpha value is -2.53. The topological polar surface area (TPSA) is 3.24 Å². The molecule has 0 aliphatic heterocycles. The molecule has 2 aromatic carbocycles. The summed E-state index contributed by atoms with van der Waals surface area (Å²) in [6.45, 7) is 8.55. The highest BCUT2D eigenvalue weighted by Gasteiger charge is 2.29. The lowest BCUT2D eigenvalue weighted by atomic mass is 9.91. The summed E-state index contributed by atoms with van der Waals surface area (Å²) in [4.78, 5) is 1.49. The second kappa shape index (κ2) is 8.24. The van der Waals surface area contributed by atoms with Gasteiger partial charge in [-0.05, 0) is 53.1 Å². The smallest absolute Gasteiger partial charge is 0.352 e. The minimum absolute atomic E-state index is 0.427. The standard InChI is InChI=1S/C21H19BF3N/c1-15(14-26(3)22)16(2)20(18-7-5-4-6-8-18)13-17-9-11-19(12-10-17)21(23,24)25/h4-13H,1-2,14H2,3H3/b20-13-. The Kier molecular flexibility index (Phi) is 6.27. The minimum atomic E-state index is -4.35. The van der Waals surface area contributed by atoms with E-state index in [1.807, 2.05) is 30.3 Å². The van der Waals surface area contributed by atoms with Crippen molar-refractivity contribution < 1.29 is 13.2 Å². The first-order chi connectivity index (χ1) is 12.2. The first kappa shape index (κ1) is 19.8. The third-order valence-corrected chi connectivity index (χ3v) is 3.83. The Morgan fingerprint density at radius 3 is 2.12 bits per heavy atom. The van der Waals surface area contributed by atoms with Gasteiger partial charge in [-0.15, -0.1) is 0 Å². The first-order valence-electron chi connectivity index (χ1n) is 7.96. The normalized spacial score (nSPS) is 12.3. The second-order valence-corrected chi connectivity index (χ2v) is 6.04. The average molecular weight is 353 g/mol. The maximum absolute atomic E-state index is 12.7. The van der Waals surface area contributed by atoms with Crippen LogP contribution in [-0.4, -0.2) is 26.4 Å². The van der Waals surface area contributed by atoms with Crippen molar-refractivity contribution in [2.45, 2.75) is 6.18 Å². The summed E-state index contributed by atoms with van der Waals surface area (Å²) in [5.74, 6) is 0. The van der Waals surface area contributed by atoms with Crippen LogP contribution in [0, 0.1) is 0 Å². The molecule has 2 aromatic rings. The summed E-state index contributed by atoms with van der Waals surface area (Å²) in [6.07, 6.45) is -2.55. The van der Waals surface area contributed by atoms with E-state index in [0.717, 1.165) is 28.8 Å². The molecule has 0 fully saturated rings. The van der Waals surface area contributed by atoms with Crippen LogP contribution in [0.15, 0.2) is 78.9 Å². The molecule has 26 heavy (non-hydrogen) atoms. The molecule has 2 radical (unpaired) electrons. The Balaban J connectivity index is 2.42. The predicted molar refractivity (Wildman–Crippen MR) is 102 cm³/mol. The molecular formula is C21H19BF3N. The van der Waals surface area contributed by atoms with Gasteiger partial charge in [-0.25, -0.2) is 0 Å². The molecule has 0 bridgehead atoms. The number of halogens is 3. The number of nitrogens with zero attached hydrogens (tertiary/aromatic N) is 1. The van der Waals surface area contributed by atoms with Crippen molar-refractivity contribution >= 4 is 19.6 Å². The van der Waals surface area contributed by atoms with E-state index in [4.69, 9.17) is 7.98 Å². The van der Waals surface area contributed by atoms with E-state index in [-0.39, 0.29) is 0 Å². The largest absolute Gasteiger partial charge is 0.416 e. The first-order valence-corrected chi connectivity index (χ1v) is 7.96. The van der Waals surface area contributed by atoms with Gasteiger partial charge < -0.3 is 4.81 Å². The fourth-order valence-electron chi connectivity index (χ4n) is 2.48. The van der Waals surface area contributed by atoms with Crippen LogP contribution in [0.25, 0.3) is 11.6 Å². The monoisotopic (exact) mass is 353 g/mol. The van der Waals surface area contributed by atoms with Gasteiger partial charge in [0.1, 0.15) is 0 Å². The van der Waals surface area contributed by atoms with Crippen molar-refractivity contribution in [1.82, 2.24) is 4.81 Å². The molecule has 2 rings (SSSR count). The van der Waals surface area contributed by atoms with Gasteiger partial charge in [-0.1, -0.05) is 55.6 Å². The summed E-state index contributed by atoms with van der Waals surface area (Å²) in [6, 6.07) is 14.5. The summed E-state index contributed by atoms with van der Waals surface area (Å²) in [7, 11) is 7.41. The van der Waals surface area contributed by atoms with E-state index >= 15 is 0 Å². The average Bonchev–Trinajstić information content (AvgIpc) is 2.59. The maximum atomic E-state index is 12.7. The third-order valence-electron chi connectivity index (χ3n) is 3.83. The van der Waals surface area contributed by atoms with Crippen molar-refractivity contribution in [3.8, 4) is 0 Å². The zero-order chi connectivity index (χ0) is 19.3. The van der Waals surface area contributed by atoms with E-state index in [1.165, 1.54) is 16.9 Å². The molecule has 5 heteroatoms. The van der Waals surface area contributed by atoms with Crippen molar-refractivity contribution in [2.75, 3.05) is 13.6 Å². The fraction of sp³-hybridized carbons (Fsp3) is 0.143. The molecule has 132 valence electrons. The van der Waals surface area contributed by atoms with Gasteiger partial charge in [0, 0.05) is 6.54 Å². The van der Waals surface area contributed by atoms with Gasteiger partial charge in [0.05, 0.1) is 5.56 Å². The maximum Gasteiger partial charge on any atom is 0.416 e. The van der Waals surface area contributed by atoms with Crippen LogP contribution in [0.5, 0.6) is 0 Å². The SMILES string of the molecule is [B]N(C)CC(=C)C(=C)/C(=C/c1ccc(C(F)(F)F)cc1)c1ccccc1. The Labute approximate surface area is 153 Å². The van der Waals surface area contributed by atoms with Crippen molar-refractivity contribution in [2.24, 2.45) is 0 Å². The second-order valence-electron chi connectivity index (χ2n) is 6.04. The molecule has 1 nitrogen and oxygen atoms in total. The van der Waals surface area contributed by atoms with E-state index in [1.54, 1.807) is 13.1 Å². The Morgan fingerprint density at radius 1 is 1.04 bits per heavy atom. The number of alkyl halides is 3. The molecule has 0 saturated heterocycles. The number of allylic oxidation sites excluding steroid dienone is 1. The van der Waals surface area contributed by atoms with E-state index in [9.17, 15) is 13.2 Å². The number of benzene rings is 2. The van der Waals surface area contributed by atoms with Gasteiger partial charge in [0.25, 0.3) is 0 Å². The zero-order valence-electron chi connectivity index (χ0n) is 14.6. The van der Waals surface area contributed by atoms with Crippen LogP contribution in [-0.2, 0) is 6.18 Å². The van der Waals surface area contributed by atoms with Crippen molar-refractivity contribution in [3.63, 3.8) is 0 Å². The van der Waals surface area contributed by atoms with Gasteiger partial charge in [-0.3, -0.25) is 0 Å². The number of hydrogen-bond acceptors (Lipinski definition) is 1. The third kappa shape index (κ3) is 5.23. The van der Waals surface area contributed by atoms with Gasteiger partial charge in [-0.2, -0.15) is 13.2 Å². The number of hydrogen-bond donors (Lipinski definition) is 0. The van der Waals surface area contributed by atoms with Crippen molar-refractivity contribution in [3.05, 3.63) is 95.6 Å². The highest BCUT2D eigenvalue weighted by molar-refractivity contribution is 6.04. The highest BCUT2D eigenvalue weighted by atomic mass is 19.4. The lowest BCUT2D eigenvalue weighted by Crippen LogP contribution is -2.17. The summed E-state index contributed by atoms with van der Waals surface area (Å²) >= 11 is 0. The summed E-state index contributed by atoms with van der Waals surface area (Å²) in [5.41, 5.74) is 3.08. The molecule has 0 heterocycles. The number of likely N-dealkylation sites (N-methyl/N-ethyl adjacent to an activating group) is 1. The molecule has 0 N–H and O–H groups in total. The van der Waals surface area contributed by atoms with Gasteiger partial charge >= 0.3 is 6.18 Å². The van der Waals surface area contributed by atoms with Gasteiger partial charge in [0.15, 0.2) is 7.98 Å². The highest BCUT2D eigenvalue weighted by Crippen LogP contribution is 2.32. The van der Waals surface area contributed by atoms with E-state index in [0.29, 0.717) is 17.7 Å². The quantitative estimate of drug-likeness (QED) is 0.383. The van der Waals surface area contributed by atoms with Crippen LogP contribution in [0.1, 0.15) is 16.7 Å². The van der Waals surface area contributed by atoms with Crippen LogP contribution in [0.4, 0.5) is 13.2 Å². The molecule has 0 atom stereocenters. The molecule has 0 spiro atoms. The zero-order valence-corrected chi connectivity index (χ0v) is 14.6. The lowest BCUT2D eigenvalue weighted by Gasteiger charge is -2.18. The summed E-state index contributed by atoms with van der Waals surface area (Å²) in [5, 5.41) is 0. The van der Waals surface area contributed by atoms with Crippen LogP contribution >= 0.6 is 0 Å². The van der Waals surface area contributed by atoms with Crippen LogP contribution in [0.2, 0.25) is 0 Å². The molecule has 0 amide bonds. The van der Waals surface area contributed by atoms with E-state index in [2.05, 4.69) is 13.2 Å². The van der Waals surface area contributed by atoms with Crippen molar-refractivity contribution in [1.29, 1.82) is 0 Å². The van der Waals surface area contributed by atoms with Crippen LogP contribution in [0.3, 0.4) is 0 Å². The van der Waals surface area contributed by atoms with Crippen LogP contribution < -0.4 is 0 Å². The molecule has 0 aromatic heterocycles. The Morgan fingerprint density at radius 2 is 1.62 bits per heavy atom. The Bertz CT molecular complexity index is 803. The molecule has 0 unspecified atom stereocenters. The fourth-order valence-corrected chi connectivity index (χ4v) is 2.48. The number of rotatable bonds is 6. The molecule has 0 aliphatic carbocycles. The molecular weight excluding hydrogens is 334 g/mol. The molecule has 0 aliphatic rings. The van der Waals surface area contributed by atoms with Gasteiger partial charge in [0.2, 0.25) is 0 Å². The van der Waals surface area contributed by atoms with E-state index < -0.39 is 11.7 Å².